The maximum absolute atomic E-state index is 11.3. The van der Waals surface area contributed by atoms with Crippen LogP contribution in [-0.4, -0.2) is 17.0 Å². The summed E-state index contributed by atoms with van der Waals surface area (Å²) in [5.74, 6) is 3.51. The van der Waals surface area contributed by atoms with E-state index in [2.05, 4.69) is 0 Å². The molecule has 1 N–H and O–H groups in total. The zero-order valence-electron chi connectivity index (χ0n) is 10.9. The Hall–Kier alpha value is -0.630. The zero-order valence-corrected chi connectivity index (χ0v) is 10.9. The van der Waals surface area contributed by atoms with Gasteiger partial charge in [0.1, 0.15) is 5.78 Å². The maximum Gasteiger partial charge on any atom is 0.133 e. The minimum atomic E-state index is -0.00599. The first kappa shape index (κ1) is 11.2. The molecule has 0 aromatic heterocycles. The van der Waals surface area contributed by atoms with Crippen molar-refractivity contribution in [3.05, 3.63) is 11.1 Å². The number of aliphatic hydroxyl groups is 1. The summed E-state index contributed by atoms with van der Waals surface area (Å²) in [6.45, 7) is 0. The van der Waals surface area contributed by atoms with E-state index >= 15 is 0 Å². The van der Waals surface area contributed by atoms with Crippen molar-refractivity contribution in [1.29, 1.82) is 0 Å². The Balaban J connectivity index is 1.54. The summed E-state index contributed by atoms with van der Waals surface area (Å²) in [5, 5.41) is 10.0. The third-order valence-electron chi connectivity index (χ3n) is 6.19. The molecule has 4 aliphatic rings. The number of carbonyl (C=O) groups excluding carboxylic acids is 1. The lowest BCUT2D eigenvalue weighted by Gasteiger charge is -2.27. The topological polar surface area (TPSA) is 37.3 Å². The number of aliphatic hydroxyl groups excluding tert-OH is 1. The van der Waals surface area contributed by atoms with Crippen molar-refractivity contribution < 1.29 is 9.90 Å². The molecule has 5 atom stereocenters. The number of Topliss-reactive ketones (excluding diaryl/α,β-unsaturated/α-hetero) is 1. The fourth-order valence-corrected chi connectivity index (χ4v) is 5.31. The first-order valence-corrected chi connectivity index (χ1v) is 7.62. The van der Waals surface area contributed by atoms with E-state index in [0.717, 1.165) is 49.9 Å². The van der Waals surface area contributed by atoms with Crippen LogP contribution in [-0.2, 0) is 4.79 Å². The Kier molecular flexibility index (Phi) is 2.45. The number of hydrogen-bond donors (Lipinski definition) is 1. The van der Waals surface area contributed by atoms with Crippen LogP contribution in [0.4, 0.5) is 0 Å². The lowest BCUT2D eigenvalue weighted by Crippen LogP contribution is -2.27. The van der Waals surface area contributed by atoms with Gasteiger partial charge in [-0.25, -0.2) is 0 Å². The quantitative estimate of drug-likeness (QED) is 0.667. The van der Waals surface area contributed by atoms with Gasteiger partial charge in [0.2, 0.25) is 0 Å². The summed E-state index contributed by atoms with van der Waals surface area (Å²) < 4.78 is 0. The summed E-state index contributed by atoms with van der Waals surface area (Å²) >= 11 is 0. The molecule has 0 aromatic rings. The van der Waals surface area contributed by atoms with Gasteiger partial charge in [-0.05, 0) is 62.2 Å². The molecule has 0 unspecified atom stereocenters. The molecule has 0 spiro atoms. The van der Waals surface area contributed by atoms with Crippen LogP contribution in [0.3, 0.4) is 0 Å². The number of hydrogen-bond acceptors (Lipinski definition) is 2. The maximum atomic E-state index is 11.3. The molecule has 0 saturated heterocycles. The van der Waals surface area contributed by atoms with Crippen molar-refractivity contribution in [1.82, 2.24) is 0 Å². The highest BCUT2D eigenvalue weighted by Crippen LogP contribution is 2.60. The molecule has 0 aliphatic heterocycles. The van der Waals surface area contributed by atoms with Crippen molar-refractivity contribution in [3.8, 4) is 0 Å². The molecular weight excluding hydrogens is 224 g/mol. The Bertz CT molecular complexity index is 411. The second-order valence-electron chi connectivity index (χ2n) is 6.94. The van der Waals surface area contributed by atoms with Crippen LogP contribution < -0.4 is 0 Å². The van der Waals surface area contributed by atoms with Crippen molar-refractivity contribution in [2.45, 2.75) is 57.5 Å². The number of fused-ring (bicyclic) bond motifs is 5. The monoisotopic (exact) mass is 246 g/mol. The van der Waals surface area contributed by atoms with Crippen LogP contribution in [0.25, 0.3) is 0 Å². The summed E-state index contributed by atoms with van der Waals surface area (Å²) in [6, 6.07) is 0. The van der Waals surface area contributed by atoms with Gasteiger partial charge in [-0.15, -0.1) is 0 Å². The van der Waals surface area contributed by atoms with Crippen LogP contribution >= 0.6 is 0 Å². The van der Waals surface area contributed by atoms with Crippen molar-refractivity contribution >= 4 is 5.78 Å². The van der Waals surface area contributed by atoms with Gasteiger partial charge < -0.3 is 5.11 Å². The molecule has 18 heavy (non-hydrogen) atoms. The fourth-order valence-electron chi connectivity index (χ4n) is 5.31. The molecule has 4 rings (SSSR count). The Morgan fingerprint density at radius 2 is 1.56 bits per heavy atom. The number of allylic oxidation sites excluding steroid dienone is 2. The average Bonchev–Trinajstić information content (AvgIpc) is 2.99. The molecule has 98 valence electrons. The standard InChI is InChI=1S/C16H22O2/c17-12-3-1-9(2-4-12)10-5-13-11-7-15(14(13)6-10)16(18)8-11/h11,13-16,18H,1-8H2/t11-,13+,14+,15-,16-/m0/s1. The molecule has 4 saturated carbocycles. The molecule has 4 fully saturated rings. The predicted molar refractivity (Wildman–Crippen MR) is 68.9 cm³/mol. The van der Waals surface area contributed by atoms with Crippen LogP contribution in [0.1, 0.15) is 51.4 Å². The molecule has 0 radical (unpaired) electrons. The van der Waals surface area contributed by atoms with Gasteiger partial charge in [0.05, 0.1) is 6.10 Å². The van der Waals surface area contributed by atoms with Crippen LogP contribution in [0.5, 0.6) is 0 Å². The molecule has 2 heteroatoms. The summed E-state index contributed by atoms with van der Waals surface area (Å²) in [4.78, 5) is 11.3. The molecule has 0 amide bonds. The van der Waals surface area contributed by atoms with E-state index in [1.54, 1.807) is 11.1 Å². The fraction of sp³-hybridized carbons (Fsp3) is 0.812. The first-order chi connectivity index (χ1) is 8.72. The van der Waals surface area contributed by atoms with E-state index in [9.17, 15) is 9.90 Å². The van der Waals surface area contributed by atoms with Gasteiger partial charge in [0.25, 0.3) is 0 Å². The van der Waals surface area contributed by atoms with Crippen LogP contribution in [0, 0.1) is 23.7 Å². The van der Waals surface area contributed by atoms with Gasteiger partial charge in [-0.1, -0.05) is 11.1 Å². The first-order valence-electron chi connectivity index (χ1n) is 7.62. The minimum Gasteiger partial charge on any atom is -0.393 e. The smallest absolute Gasteiger partial charge is 0.133 e. The predicted octanol–water partition coefficient (Wildman–Crippen LogP) is 2.85. The second-order valence-corrected chi connectivity index (χ2v) is 6.94. The number of ketones is 1. The highest BCUT2D eigenvalue weighted by molar-refractivity contribution is 5.80. The van der Waals surface area contributed by atoms with E-state index in [1.165, 1.54) is 19.3 Å². The lowest BCUT2D eigenvalue weighted by molar-refractivity contribution is -0.119. The molecule has 0 heterocycles. The van der Waals surface area contributed by atoms with Crippen molar-refractivity contribution in [2.24, 2.45) is 23.7 Å². The van der Waals surface area contributed by atoms with Gasteiger partial charge in [-0.3, -0.25) is 4.79 Å². The van der Waals surface area contributed by atoms with Gasteiger partial charge in [-0.2, -0.15) is 0 Å². The third kappa shape index (κ3) is 1.54. The summed E-state index contributed by atoms with van der Waals surface area (Å²) in [5.41, 5.74) is 3.29. The van der Waals surface area contributed by atoms with Gasteiger partial charge in [0.15, 0.2) is 0 Å². The SMILES string of the molecule is O=C1CCC(=C2C[C@@H]3[C@H](C2)[C@H]2C[C@@H]3[C@@H](O)C2)CC1. The molecule has 2 nitrogen and oxygen atoms in total. The highest BCUT2D eigenvalue weighted by atomic mass is 16.3. The lowest BCUT2D eigenvalue weighted by atomic mass is 9.80. The Morgan fingerprint density at radius 3 is 2.33 bits per heavy atom. The van der Waals surface area contributed by atoms with E-state index in [1.807, 2.05) is 0 Å². The second kappa shape index (κ2) is 3.93. The van der Waals surface area contributed by atoms with Crippen molar-refractivity contribution in [2.75, 3.05) is 0 Å². The van der Waals surface area contributed by atoms with E-state index in [-0.39, 0.29) is 6.10 Å². The van der Waals surface area contributed by atoms with E-state index in [4.69, 9.17) is 0 Å². The van der Waals surface area contributed by atoms with E-state index in [0.29, 0.717) is 11.7 Å². The molecular formula is C16H22O2. The molecule has 2 bridgehead atoms. The minimum absolute atomic E-state index is 0.00599. The highest BCUT2D eigenvalue weighted by Gasteiger charge is 2.54. The van der Waals surface area contributed by atoms with Crippen LogP contribution in [0.15, 0.2) is 11.1 Å². The Morgan fingerprint density at radius 1 is 0.833 bits per heavy atom. The normalized spacial score (nSPS) is 46.9. The van der Waals surface area contributed by atoms with Crippen molar-refractivity contribution in [3.63, 3.8) is 0 Å². The third-order valence-corrected chi connectivity index (χ3v) is 6.19. The van der Waals surface area contributed by atoms with Gasteiger partial charge >= 0.3 is 0 Å². The molecule has 4 aliphatic carbocycles. The molecule has 0 aromatic carbocycles. The van der Waals surface area contributed by atoms with E-state index < -0.39 is 0 Å². The number of rotatable bonds is 0. The number of carbonyl (C=O) groups is 1. The summed E-state index contributed by atoms with van der Waals surface area (Å²) in [6.07, 6.45) is 8.51. The average molecular weight is 246 g/mol. The zero-order chi connectivity index (χ0) is 12.3. The summed E-state index contributed by atoms with van der Waals surface area (Å²) in [7, 11) is 0. The van der Waals surface area contributed by atoms with Crippen LogP contribution in [0.2, 0.25) is 0 Å². The largest absolute Gasteiger partial charge is 0.393 e. The van der Waals surface area contributed by atoms with Gasteiger partial charge in [0, 0.05) is 12.8 Å². The Labute approximate surface area is 108 Å².